The minimum atomic E-state index is 0.338. The highest BCUT2D eigenvalue weighted by Gasteiger charge is 2.21. The zero-order valence-electron chi connectivity index (χ0n) is 15.1. The summed E-state index contributed by atoms with van der Waals surface area (Å²) in [5, 5.41) is 10.9. The van der Waals surface area contributed by atoms with Gasteiger partial charge in [-0.25, -0.2) is 4.99 Å². The summed E-state index contributed by atoms with van der Waals surface area (Å²) in [5.74, 6) is 0. The Labute approximate surface area is 159 Å². The fourth-order valence-electron chi connectivity index (χ4n) is 2.91. The Morgan fingerprint density at radius 1 is 1.19 bits per heavy atom. The third kappa shape index (κ3) is 4.33. The molecule has 1 atom stereocenters. The normalized spacial score (nSPS) is 20.9. The number of dihydropyridines is 1. The topological polar surface area (TPSA) is 48.2 Å². The van der Waals surface area contributed by atoms with Gasteiger partial charge in [0.15, 0.2) is 0 Å². The Hall–Kier alpha value is -2.59. The third-order valence-corrected chi connectivity index (χ3v) is 5.70. The molecule has 0 radical (unpaired) electrons. The van der Waals surface area contributed by atoms with Gasteiger partial charge >= 0.3 is 0 Å². The van der Waals surface area contributed by atoms with Crippen molar-refractivity contribution in [1.82, 2.24) is 5.32 Å². The molecule has 0 amide bonds. The molecule has 3 nitrogen and oxygen atoms in total. The van der Waals surface area contributed by atoms with E-state index in [0.29, 0.717) is 5.25 Å². The second-order valence-corrected chi connectivity index (χ2v) is 7.51. The van der Waals surface area contributed by atoms with Crippen LogP contribution >= 0.6 is 11.8 Å². The van der Waals surface area contributed by atoms with Crippen molar-refractivity contribution >= 4 is 29.9 Å². The van der Waals surface area contributed by atoms with E-state index in [4.69, 9.17) is 5.41 Å². The Morgan fingerprint density at radius 2 is 2.00 bits per heavy atom. The van der Waals surface area contributed by atoms with E-state index in [9.17, 15) is 0 Å². The molecule has 4 heteroatoms. The number of nitrogens with zero attached hydrogens (tertiary/aromatic N) is 1. The minimum Gasteiger partial charge on any atom is -0.387 e. The molecule has 0 fully saturated rings. The van der Waals surface area contributed by atoms with Crippen molar-refractivity contribution in [2.24, 2.45) is 4.99 Å². The maximum absolute atomic E-state index is 7.41. The fraction of sp³-hybridized carbons (Fsp3) is 0.182. The lowest BCUT2D eigenvalue weighted by Gasteiger charge is -2.23. The van der Waals surface area contributed by atoms with Crippen molar-refractivity contribution in [3.8, 4) is 0 Å². The summed E-state index contributed by atoms with van der Waals surface area (Å²) in [6.45, 7) is 5.25. The summed E-state index contributed by atoms with van der Waals surface area (Å²) in [6, 6.07) is 10.3. The van der Waals surface area contributed by atoms with Crippen molar-refractivity contribution in [2.45, 2.75) is 19.1 Å². The van der Waals surface area contributed by atoms with E-state index in [1.165, 1.54) is 16.1 Å². The summed E-state index contributed by atoms with van der Waals surface area (Å²) in [7, 11) is 0. The summed E-state index contributed by atoms with van der Waals surface area (Å²) < 4.78 is 0. The minimum absolute atomic E-state index is 0.338. The number of hydrogen-bond acceptors (Lipinski definition) is 3. The molecule has 0 saturated carbocycles. The number of allylic oxidation sites excluding steroid dienone is 5. The number of aliphatic imine (C=N–C) groups is 1. The second-order valence-electron chi connectivity index (χ2n) is 6.16. The van der Waals surface area contributed by atoms with Gasteiger partial charge in [0.05, 0.1) is 5.71 Å². The molecule has 2 N–H and O–H groups in total. The number of benzene rings is 1. The van der Waals surface area contributed by atoms with Crippen molar-refractivity contribution in [3.05, 3.63) is 88.0 Å². The van der Waals surface area contributed by atoms with E-state index in [0.717, 1.165) is 29.7 Å². The van der Waals surface area contributed by atoms with E-state index >= 15 is 0 Å². The molecule has 26 heavy (non-hydrogen) atoms. The third-order valence-electron chi connectivity index (χ3n) is 4.30. The quantitative estimate of drug-likeness (QED) is 0.564. The number of hydrogen-bond donors (Lipinski definition) is 2. The molecular formula is C22H23N3S. The zero-order chi connectivity index (χ0) is 18.4. The lowest BCUT2D eigenvalue weighted by Crippen LogP contribution is -2.14. The lowest BCUT2D eigenvalue weighted by molar-refractivity contribution is 0.942. The summed E-state index contributed by atoms with van der Waals surface area (Å²) in [5.41, 5.74) is 5.60. The first-order valence-corrected chi connectivity index (χ1v) is 9.57. The molecule has 1 aromatic carbocycles. The van der Waals surface area contributed by atoms with Gasteiger partial charge in [0.1, 0.15) is 6.34 Å². The van der Waals surface area contributed by atoms with Gasteiger partial charge < -0.3 is 5.32 Å². The molecule has 1 aliphatic heterocycles. The van der Waals surface area contributed by atoms with E-state index in [1.807, 2.05) is 42.2 Å². The van der Waals surface area contributed by atoms with Gasteiger partial charge in [0.25, 0.3) is 0 Å². The lowest BCUT2D eigenvalue weighted by atomic mass is 9.98. The Morgan fingerprint density at radius 3 is 2.69 bits per heavy atom. The second kappa shape index (κ2) is 8.68. The van der Waals surface area contributed by atoms with Gasteiger partial charge in [-0.2, -0.15) is 0 Å². The molecule has 3 rings (SSSR count). The van der Waals surface area contributed by atoms with Gasteiger partial charge in [-0.3, -0.25) is 5.41 Å². The molecule has 2 aliphatic rings. The molecule has 0 saturated heterocycles. The van der Waals surface area contributed by atoms with Crippen LogP contribution in [0.25, 0.3) is 6.08 Å². The van der Waals surface area contributed by atoms with Gasteiger partial charge in [0, 0.05) is 22.3 Å². The highest BCUT2D eigenvalue weighted by atomic mass is 32.2. The van der Waals surface area contributed by atoms with Crippen molar-refractivity contribution in [1.29, 1.82) is 5.41 Å². The van der Waals surface area contributed by atoms with Crippen LogP contribution in [0.3, 0.4) is 0 Å². The number of rotatable bonds is 5. The molecule has 0 spiro atoms. The van der Waals surface area contributed by atoms with Crippen molar-refractivity contribution in [2.75, 3.05) is 6.54 Å². The van der Waals surface area contributed by atoms with E-state index in [-0.39, 0.29) is 0 Å². The van der Waals surface area contributed by atoms with E-state index < -0.39 is 0 Å². The highest BCUT2D eigenvalue weighted by molar-refractivity contribution is 8.04. The maximum Gasteiger partial charge on any atom is 0.107 e. The van der Waals surface area contributed by atoms with E-state index in [2.05, 4.69) is 60.6 Å². The van der Waals surface area contributed by atoms with Gasteiger partial charge in [0.2, 0.25) is 0 Å². The van der Waals surface area contributed by atoms with Crippen LogP contribution in [0.15, 0.2) is 87.5 Å². The first kappa shape index (κ1) is 18.2. The van der Waals surface area contributed by atoms with Gasteiger partial charge in [-0.1, -0.05) is 42.5 Å². The van der Waals surface area contributed by atoms with Crippen LogP contribution in [0.1, 0.15) is 19.4 Å². The Kier molecular flexibility index (Phi) is 6.08. The van der Waals surface area contributed by atoms with Crippen LogP contribution in [0.4, 0.5) is 0 Å². The van der Waals surface area contributed by atoms with Crippen LogP contribution < -0.4 is 5.32 Å². The highest BCUT2D eigenvalue weighted by Crippen LogP contribution is 2.38. The summed E-state index contributed by atoms with van der Waals surface area (Å²) in [6.07, 6.45) is 13.7. The van der Waals surface area contributed by atoms with Crippen LogP contribution in [-0.4, -0.2) is 23.8 Å². The maximum atomic E-state index is 7.41. The van der Waals surface area contributed by atoms with E-state index in [1.54, 1.807) is 0 Å². The largest absolute Gasteiger partial charge is 0.387 e. The molecule has 0 aromatic heterocycles. The Bertz CT molecular complexity index is 855. The summed E-state index contributed by atoms with van der Waals surface area (Å²) in [4.78, 5) is 5.50. The molecule has 0 bridgehead atoms. The standard InChI is InChI=1S/C22H23N3S/c1-16-8-9-21(25-15-23)20(14-18-6-4-3-5-7-18)22(16)26-17(2)19-10-12-24-13-11-19/h3-12,14-15,17,23-24H,13H2,1-2H3/b20-14-,23-15?,25-21-. The molecule has 1 aromatic rings. The molecule has 1 aliphatic carbocycles. The average molecular weight is 362 g/mol. The predicted octanol–water partition coefficient (Wildman–Crippen LogP) is 5.13. The first-order valence-electron chi connectivity index (χ1n) is 8.69. The number of thioether (sulfide) groups is 1. The Balaban J connectivity index is 1.98. The molecule has 1 heterocycles. The van der Waals surface area contributed by atoms with Crippen molar-refractivity contribution in [3.63, 3.8) is 0 Å². The van der Waals surface area contributed by atoms with Crippen LogP contribution in [0.2, 0.25) is 0 Å². The van der Waals surface area contributed by atoms with Gasteiger partial charge in [-0.05, 0) is 55.0 Å². The van der Waals surface area contributed by atoms with Crippen LogP contribution in [0.5, 0.6) is 0 Å². The van der Waals surface area contributed by atoms with Gasteiger partial charge in [-0.15, -0.1) is 11.8 Å². The predicted molar refractivity (Wildman–Crippen MR) is 115 cm³/mol. The fourth-order valence-corrected chi connectivity index (χ4v) is 4.12. The average Bonchev–Trinajstić information content (AvgIpc) is 2.68. The zero-order valence-corrected chi connectivity index (χ0v) is 15.9. The SMILES string of the molecule is CC1=C(SC(C)C2=CCNC=C2)C(=C\c2ccccc2)/C(=N\C=N)C=C1. The first-order chi connectivity index (χ1) is 12.7. The van der Waals surface area contributed by atoms with Crippen LogP contribution in [-0.2, 0) is 0 Å². The molecule has 1 unspecified atom stereocenters. The van der Waals surface area contributed by atoms with Crippen molar-refractivity contribution < 1.29 is 0 Å². The molecular weight excluding hydrogens is 338 g/mol. The summed E-state index contributed by atoms with van der Waals surface area (Å²) >= 11 is 1.85. The monoisotopic (exact) mass is 361 g/mol. The van der Waals surface area contributed by atoms with Crippen LogP contribution in [0, 0.1) is 5.41 Å². The smallest absolute Gasteiger partial charge is 0.107 e. The molecule has 132 valence electrons. The number of nitrogens with one attached hydrogen (secondary N) is 2.